The summed E-state index contributed by atoms with van der Waals surface area (Å²) in [5.74, 6) is -0.816. The number of piperidine rings is 1. The largest absolute Gasteiger partial charge is 0.508 e. The third-order valence-corrected chi connectivity index (χ3v) is 15.9. The second-order valence-electron chi connectivity index (χ2n) is 20.8. The van der Waals surface area contributed by atoms with Crippen LogP contribution >= 0.6 is 0 Å². The Hall–Kier alpha value is -7.56. The van der Waals surface area contributed by atoms with Gasteiger partial charge in [0.1, 0.15) is 47.9 Å². The lowest BCUT2D eigenvalue weighted by molar-refractivity contribution is -0.136. The first-order valence-corrected chi connectivity index (χ1v) is 25.9. The molecule has 0 radical (unpaired) electrons. The maximum absolute atomic E-state index is 17.2. The van der Waals surface area contributed by atoms with Gasteiger partial charge in [-0.1, -0.05) is 55.5 Å². The molecule has 8 heterocycles. The molecule has 2 aromatic heterocycles. The van der Waals surface area contributed by atoms with Gasteiger partial charge in [-0.25, -0.2) is 13.6 Å². The molecule has 6 aliphatic rings. The average molecular weight is 1020 g/mol. The number of aromatic hydroxyl groups is 1. The minimum Gasteiger partial charge on any atom is -0.508 e. The van der Waals surface area contributed by atoms with Crippen LogP contribution in [-0.4, -0.2) is 129 Å². The Kier molecular flexibility index (Phi) is 13.4. The van der Waals surface area contributed by atoms with Crippen molar-refractivity contribution in [2.75, 3.05) is 44.3 Å². The van der Waals surface area contributed by atoms with E-state index >= 15 is 8.78 Å². The van der Waals surface area contributed by atoms with Gasteiger partial charge in [-0.2, -0.15) is 9.97 Å². The van der Waals surface area contributed by atoms with Gasteiger partial charge in [0, 0.05) is 67.9 Å². The van der Waals surface area contributed by atoms with E-state index in [1.54, 1.807) is 12.1 Å². The number of phenols is 1. The molecule has 2 bridgehead atoms. The molecule has 5 saturated heterocycles. The zero-order valence-electron chi connectivity index (χ0n) is 41.4. The molecular weight excluding hydrogens is 965 g/mol. The van der Waals surface area contributed by atoms with Crippen molar-refractivity contribution in [3.05, 3.63) is 94.7 Å². The number of amides is 5. The van der Waals surface area contributed by atoms with E-state index < -0.39 is 52.9 Å². The van der Waals surface area contributed by atoms with E-state index in [9.17, 15) is 29.1 Å². The minimum atomic E-state index is -1.01. The topological polar surface area (TPSA) is 209 Å². The number of nitrogens with zero attached hydrogens (tertiary/aromatic N) is 6. The van der Waals surface area contributed by atoms with Gasteiger partial charge in [0.05, 0.1) is 27.6 Å². The van der Waals surface area contributed by atoms with Crippen LogP contribution in [0.15, 0.2) is 60.8 Å². The molecule has 0 saturated carbocycles. The monoisotopic (exact) mass is 1020 g/mol. The Bertz CT molecular complexity index is 3240. The summed E-state index contributed by atoms with van der Waals surface area (Å²) in [5, 5.41) is 20.5. The average Bonchev–Trinajstić information content (AvgIpc) is 4.13. The molecule has 5 fully saturated rings. The molecule has 4 N–H and O–H groups in total. The highest BCUT2D eigenvalue weighted by atomic mass is 19.1. The van der Waals surface area contributed by atoms with E-state index in [0.29, 0.717) is 61.2 Å². The number of anilines is 1. The van der Waals surface area contributed by atoms with Crippen molar-refractivity contribution in [1.82, 2.24) is 40.7 Å². The van der Waals surface area contributed by atoms with Crippen LogP contribution in [-0.2, 0) is 20.7 Å². The molecule has 0 aliphatic carbocycles. The molecule has 5 atom stereocenters. The van der Waals surface area contributed by atoms with Gasteiger partial charge in [-0.3, -0.25) is 39.3 Å². The van der Waals surface area contributed by atoms with E-state index in [1.807, 2.05) is 6.07 Å². The van der Waals surface area contributed by atoms with Gasteiger partial charge in [-0.15, -0.1) is 6.42 Å². The SMILES string of the molecule is C#Cc1c(F)ccc2cc(O)cc(-c3ncc4c(N5C[C@H]6CC[C@@H](C5)N6)nc(OC[C@@]56CC[C@@H](COC(=O)NCCCCCCCc7cccc8c7C(=O)N(C7CCC(=O)NC7=O)C8=O)N5CC(=C)C6)nc4c3F)c12. The molecule has 3 aromatic carbocycles. The van der Waals surface area contributed by atoms with Crippen molar-refractivity contribution in [3.8, 4) is 35.4 Å². The van der Waals surface area contributed by atoms with E-state index in [4.69, 9.17) is 20.9 Å². The Morgan fingerprint density at radius 3 is 2.57 bits per heavy atom. The fraction of sp³-hybridized carbons (Fsp3) is 0.429. The summed E-state index contributed by atoms with van der Waals surface area (Å²) in [6, 6.07) is 9.98. The number of phenolic OH excluding ortho intramolecular Hbond substituents is 1. The number of imide groups is 2. The number of rotatable bonds is 16. The van der Waals surface area contributed by atoms with Crippen LogP contribution in [0.2, 0.25) is 0 Å². The molecule has 19 heteroatoms. The number of halogens is 2. The first-order valence-electron chi connectivity index (χ1n) is 25.9. The maximum atomic E-state index is 17.2. The highest BCUT2D eigenvalue weighted by molar-refractivity contribution is 6.24. The van der Waals surface area contributed by atoms with Crippen molar-refractivity contribution < 1.29 is 47.3 Å². The smallest absolute Gasteiger partial charge is 0.407 e. The predicted octanol–water partition coefficient (Wildman–Crippen LogP) is 6.61. The van der Waals surface area contributed by atoms with E-state index in [1.165, 1.54) is 30.5 Å². The molecule has 5 aromatic rings. The van der Waals surface area contributed by atoms with E-state index in [0.717, 1.165) is 73.8 Å². The predicted molar refractivity (Wildman–Crippen MR) is 273 cm³/mol. The van der Waals surface area contributed by atoms with E-state index in [2.05, 4.69) is 48.2 Å². The normalized spacial score (nSPS) is 23.2. The van der Waals surface area contributed by atoms with Gasteiger partial charge in [-0.05, 0) is 93.0 Å². The second-order valence-corrected chi connectivity index (χ2v) is 20.8. The molecule has 388 valence electrons. The number of aryl methyl sites for hydroxylation is 1. The van der Waals surface area contributed by atoms with Crippen LogP contribution in [0, 0.1) is 24.0 Å². The number of hydrogen-bond acceptors (Lipinski definition) is 14. The zero-order valence-corrected chi connectivity index (χ0v) is 41.4. The second kappa shape index (κ2) is 20.3. The first-order chi connectivity index (χ1) is 36.3. The third-order valence-electron chi connectivity index (χ3n) is 15.9. The van der Waals surface area contributed by atoms with Crippen LogP contribution in [0.3, 0.4) is 0 Å². The van der Waals surface area contributed by atoms with Gasteiger partial charge in [0.2, 0.25) is 11.8 Å². The number of carbonyl (C=O) groups excluding carboxylic acids is 5. The van der Waals surface area contributed by atoms with E-state index in [-0.39, 0.29) is 89.2 Å². The number of alkyl carbamates (subject to hydrolysis) is 1. The molecule has 1 unspecified atom stereocenters. The fourth-order valence-electron chi connectivity index (χ4n) is 12.4. The molecular formula is C56H57F2N9O8. The summed E-state index contributed by atoms with van der Waals surface area (Å²) in [7, 11) is 0. The molecule has 6 aliphatic heterocycles. The summed E-state index contributed by atoms with van der Waals surface area (Å²) < 4.78 is 44.6. The van der Waals surface area contributed by atoms with Crippen molar-refractivity contribution in [2.24, 2.45) is 0 Å². The van der Waals surface area contributed by atoms with Crippen LogP contribution in [0.25, 0.3) is 32.9 Å². The minimum absolute atomic E-state index is 0.0184. The standard InChI is InChI=1S/C56H57F2N9O8/c1-3-38-42(57)16-13-33-22-37(68)23-40(45(33)38)48-47(58)49-41(25-60-48)50(65-27-34-14-15-35(28-65)61-34)64-54(63-49)75-30-56-20-19-36(66(56)26-31(2)24-56)29-74-55(73)59-21-8-6-4-5-7-10-32-11-9-12-39-46(32)53(72)67(52(39)71)43-17-18-44(69)62-51(43)70/h1,9,11-13,16,22-23,25,34-36,43,61,68H,2,4-8,10,14-15,17-21,24,26-30H2,(H,59,73)(H,62,69,70)/t34-,35+,36-,43?,56-/m0/s1. The van der Waals surface area contributed by atoms with Crippen LogP contribution in [0.4, 0.5) is 19.4 Å². The van der Waals surface area contributed by atoms with Crippen LogP contribution in [0.5, 0.6) is 11.8 Å². The quantitative estimate of drug-likeness (QED) is 0.0355. The van der Waals surface area contributed by atoms with Crippen molar-refractivity contribution in [3.63, 3.8) is 0 Å². The Morgan fingerprint density at radius 1 is 0.973 bits per heavy atom. The Balaban J connectivity index is 0.698. The lowest BCUT2D eigenvalue weighted by Crippen LogP contribution is -2.54. The highest BCUT2D eigenvalue weighted by Crippen LogP contribution is 2.45. The highest BCUT2D eigenvalue weighted by Gasteiger charge is 2.52. The summed E-state index contributed by atoms with van der Waals surface area (Å²) in [5.41, 5.74) is 1.73. The maximum Gasteiger partial charge on any atom is 0.407 e. The van der Waals surface area contributed by atoms with Crippen LogP contribution in [0.1, 0.15) is 109 Å². The summed E-state index contributed by atoms with van der Waals surface area (Å²) >= 11 is 0. The molecule has 5 amide bonds. The summed E-state index contributed by atoms with van der Waals surface area (Å²) in [6.45, 7) is 6.97. The number of ether oxygens (including phenoxy) is 2. The summed E-state index contributed by atoms with van der Waals surface area (Å²) in [4.78, 5) is 83.3. The Morgan fingerprint density at radius 2 is 1.77 bits per heavy atom. The van der Waals surface area contributed by atoms with Gasteiger partial charge < -0.3 is 30.1 Å². The number of aromatic nitrogens is 3. The number of nitrogens with one attached hydrogen (secondary N) is 3. The van der Waals surface area contributed by atoms with Gasteiger partial charge in [0.15, 0.2) is 5.82 Å². The number of unbranched alkanes of at least 4 members (excludes halogenated alkanes) is 4. The number of pyridine rings is 1. The van der Waals surface area contributed by atoms with Gasteiger partial charge in [0.25, 0.3) is 11.8 Å². The number of carbonyl (C=O) groups is 5. The zero-order chi connectivity index (χ0) is 52.1. The lowest BCUT2D eigenvalue weighted by Gasteiger charge is -2.35. The fourth-order valence-corrected chi connectivity index (χ4v) is 12.4. The van der Waals surface area contributed by atoms with Crippen molar-refractivity contribution >= 4 is 57.2 Å². The first kappa shape index (κ1) is 49.6. The number of benzene rings is 3. The number of hydrogen-bond donors (Lipinski definition) is 4. The summed E-state index contributed by atoms with van der Waals surface area (Å²) in [6.07, 6.45) is 15.8. The molecule has 75 heavy (non-hydrogen) atoms. The number of piperazine rings is 1. The number of fused-ring (bicyclic) bond motifs is 6. The number of terminal acetylenes is 1. The molecule has 0 spiro atoms. The molecule has 17 nitrogen and oxygen atoms in total. The van der Waals surface area contributed by atoms with Crippen LogP contribution < -0.4 is 25.6 Å². The van der Waals surface area contributed by atoms with Gasteiger partial charge >= 0.3 is 12.1 Å². The third kappa shape index (κ3) is 9.39. The molecule has 11 rings (SSSR count). The van der Waals surface area contributed by atoms with Crippen molar-refractivity contribution in [2.45, 2.75) is 113 Å². The van der Waals surface area contributed by atoms with Crippen molar-refractivity contribution in [1.29, 1.82) is 0 Å². The lowest BCUT2D eigenvalue weighted by atomic mass is 9.94. The Labute approximate surface area is 431 Å².